The van der Waals surface area contributed by atoms with E-state index in [0.717, 1.165) is 22.3 Å². The molecule has 5 rings (SSSR count). The first kappa shape index (κ1) is 32.0. The van der Waals surface area contributed by atoms with E-state index in [1.807, 2.05) is 109 Å². The van der Waals surface area contributed by atoms with E-state index in [-0.39, 0.29) is 0 Å². The van der Waals surface area contributed by atoms with Gasteiger partial charge in [0, 0.05) is 0 Å². The second-order valence-electron chi connectivity index (χ2n) is 10.8. The SMILES string of the molecule is NCCCO[C@H]1O[C@H](COCc2ccccc2)[C@@H](OCc2ccccc2)[C@H](OCc2ccccc2)[C@@H]1OCc1ccccc1. The van der Waals surface area contributed by atoms with E-state index in [4.69, 9.17) is 34.2 Å². The maximum absolute atomic E-state index is 6.71. The molecule has 5 atom stereocenters. The molecule has 0 radical (unpaired) electrons. The lowest BCUT2D eigenvalue weighted by Gasteiger charge is -2.46. The fourth-order valence-electron chi connectivity index (χ4n) is 5.16. The van der Waals surface area contributed by atoms with Crippen molar-refractivity contribution in [1.82, 2.24) is 0 Å². The first-order valence-electron chi connectivity index (χ1n) is 15.4. The van der Waals surface area contributed by atoms with Crippen LogP contribution in [0, 0.1) is 0 Å². The van der Waals surface area contributed by atoms with E-state index in [1.54, 1.807) is 0 Å². The molecule has 0 bridgehead atoms. The lowest BCUT2D eigenvalue weighted by atomic mass is 9.97. The number of hydrogen-bond acceptors (Lipinski definition) is 7. The summed E-state index contributed by atoms with van der Waals surface area (Å²) < 4.78 is 39.1. The topological polar surface area (TPSA) is 81.4 Å². The molecule has 2 N–H and O–H groups in total. The second kappa shape index (κ2) is 17.8. The summed E-state index contributed by atoms with van der Waals surface area (Å²) in [6, 6.07) is 40.4. The van der Waals surface area contributed by atoms with Gasteiger partial charge in [-0.1, -0.05) is 121 Å². The van der Waals surface area contributed by atoms with E-state index in [9.17, 15) is 0 Å². The Labute approximate surface area is 260 Å². The molecule has 1 aliphatic rings. The van der Waals surface area contributed by atoms with Crippen molar-refractivity contribution in [2.75, 3.05) is 19.8 Å². The van der Waals surface area contributed by atoms with E-state index < -0.39 is 30.7 Å². The Morgan fingerprint density at radius 3 is 1.41 bits per heavy atom. The summed E-state index contributed by atoms with van der Waals surface area (Å²) in [5.41, 5.74) is 10.0. The minimum absolute atomic E-state index is 0.293. The van der Waals surface area contributed by atoms with Crippen molar-refractivity contribution in [2.45, 2.75) is 63.6 Å². The van der Waals surface area contributed by atoms with E-state index in [0.29, 0.717) is 52.6 Å². The third-order valence-corrected chi connectivity index (χ3v) is 7.47. The van der Waals surface area contributed by atoms with Gasteiger partial charge in [-0.2, -0.15) is 0 Å². The number of rotatable bonds is 17. The quantitative estimate of drug-likeness (QED) is 0.148. The molecular weight excluding hydrogens is 554 g/mol. The molecule has 1 aliphatic heterocycles. The highest BCUT2D eigenvalue weighted by atomic mass is 16.7. The highest BCUT2D eigenvalue weighted by molar-refractivity contribution is 5.16. The number of nitrogens with two attached hydrogens (primary N) is 1. The number of benzene rings is 4. The summed E-state index contributed by atoms with van der Waals surface area (Å²) in [4.78, 5) is 0. The summed E-state index contributed by atoms with van der Waals surface area (Å²) >= 11 is 0. The van der Waals surface area contributed by atoms with Crippen LogP contribution < -0.4 is 5.73 Å². The largest absolute Gasteiger partial charge is 0.374 e. The lowest BCUT2D eigenvalue weighted by molar-refractivity contribution is -0.328. The van der Waals surface area contributed by atoms with Gasteiger partial charge < -0.3 is 34.2 Å². The predicted molar refractivity (Wildman–Crippen MR) is 169 cm³/mol. The van der Waals surface area contributed by atoms with Crippen molar-refractivity contribution >= 4 is 0 Å². The van der Waals surface area contributed by atoms with Gasteiger partial charge in [-0.3, -0.25) is 0 Å². The zero-order valence-corrected chi connectivity index (χ0v) is 25.1. The van der Waals surface area contributed by atoms with Crippen LogP contribution in [0.4, 0.5) is 0 Å². The van der Waals surface area contributed by atoms with Crippen LogP contribution in [0.2, 0.25) is 0 Å². The summed E-state index contributed by atoms with van der Waals surface area (Å²) in [6.07, 6.45) is -2.04. The number of hydrogen-bond donors (Lipinski definition) is 1. The molecule has 1 fully saturated rings. The minimum Gasteiger partial charge on any atom is -0.374 e. The molecule has 7 heteroatoms. The molecule has 0 unspecified atom stereocenters. The average Bonchev–Trinajstić information content (AvgIpc) is 3.08. The van der Waals surface area contributed by atoms with Crippen LogP contribution in [0.3, 0.4) is 0 Å². The molecule has 1 heterocycles. The van der Waals surface area contributed by atoms with Crippen LogP contribution in [0.25, 0.3) is 0 Å². The van der Waals surface area contributed by atoms with Gasteiger partial charge in [-0.25, -0.2) is 0 Å². The molecule has 4 aromatic carbocycles. The molecule has 232 valence electrons. The van der Waals surface area contributed by atoms with E-state index in [2.05, 4.69) is 12.1 Å². The zero-order chi connectivity index (χ0) is 30.2. The van der Waals surface area contributed by atoms with Gasteiger partial charge in [0.25, 0.3) is 0 Å². The van der Waals surface area contributed by atoms with Gasteiger partial charge in [-0.15, -0.1) is 0 Å². The van der Waals surface area contributed by atoms with Crippen molar-refractivity contribution in [1.29, 1.82) is 0 Å². The molecular formula is C37H43NO6. The van der Waals surface area contributed by atoms with Crippen molar-refractivity contribution < 1.29 is 28.4 Å². The molecule has 7 nitrogen and oxygen atoms in total. The molecule has 1 saturated heterocycles. The zero-order valence-electron chi connectivity index (χ0n) is 25.1. The molecule has 0 aliphatic carbocycles. The maximum atomic E-state index is 6.71. The maximum Gasteiger partial charge on any atom is 0.186 e. The average molecular weight is 598 g/mol. The first-order valence-corrected chi connectivity index (χ1v) is 15.4. The van der Waals surface area contributed by atoms with E-state index >= 15 is 0 Å². The Kier molecular flexibility index (Phi) is 12.9. The van der Waals surface area contributed by atoms with Gasteiger partial charge in [0.05, 0.1) is 39.6 Å². The van der Waals surface area contributed by atoms with Crippen molar-refractivity contribution in [2.24, 2.45) is 5.73 Å². The van der Waals surface area contributed by atoms with Crippen molar-refractivity contribution in [3.8, 4) is 0 Å². The van der Waals surface area contributed by atoms with Crippen LogP contribution in [-0.4, -0.2) is 50.5 Å². The molecule has 0 aromatic heterocycles. The van der Waals surface area contributed by atoms with Crippen LogP contribution in [-0.2, 0) is 54.8 Å². The Bertz CT molecular complexity index is 1310. The molecule has 44 heavy (non-hydrogen) atoms. The Morgan fingerprint density at radius 1 is 0.500 bits per heavy atom. The predicted octanol–water partition coefficient (Wildman–Crippen LogP) is 6.05. The monoisotopic (exact) mass is 597 g/mol. The Balaban J connectivity index is 1.41. The van der Waals surface area contributed by atoms with Gasteiger partial charge in [0.2, 0.25) is 0 Å². The summed E-state index contributed by atoms with van der Waals surface area (Å²) in [5, 5.41) is 0. The van der Waals surface area contributed by atoms with Crippen LogP contribution >= 0.6 is 0 Å². The molecule has 0 saturated carbocycles. The molecule has 0 amide bonds. The van der Waals surface area contributed by atoms with Gasteiger partial charge in [-0.05, 0) is 35.2 Å². The third-order valence-electron chi connectivity index (χ3n) is 7.47. The normalized spacial score (nSPS) is 21.7. The van der Waals surface area contributed by atoms with Crippen LogP contribution in [0.15, 0.2) is 121 Å². The summed E-state index contributed by atoms with van der Waals surface area (Å²) in [5.74, 6) is 0. The number of ether oxygens (including phenoxy) is 6. The smallest absolute Gasteiger partial charge is 0.186 e. The summed E-state index contributed by atoms with van der Waals surface area (Å²) in [7, 11) is 0. The summed E-state index contributed by atoms with van der Waals surface area (Å²) in [6.45, 7) is 2.84. The van der Waals surface area contributed by atoms with Gasteiger partial charge in [0.1, 0.15) is 24.4 Å². The first-order chi connectivity index (χ1) is 21.8. The highest BCUT2D eigenvalue weighted by Crippen LogP contribution is 2.31. The fourth-order valence-corrected chi connectivity index (χ4v) is 5.16. The highest BCUT2D eigenvalue weighted by Gasteiger charge is 2.49. The Morgan fingerprint density at radius 2 is 0.932 bits per heavy atom. The third kappa shape index (κ3) is 9.81. The minimum atomic E-state index is -0.701. The van der Waals surface area contributed by atoms with Crippen molar-refractivity contribution in [3.05, 3.63) is 144 Å². The van der Waals surface area contributed by atoms with Crippen LogP contribution in [0.5, 0.6) is 0 Å². The Hall–Kier alpha value is -3.40. The lowest BCUT2D eigenvalue weighted by Crippen LogP contribution is -2.61. The fraction of sp³-hybridized carbons (Fsp3) is 0.351. The standard InChI is InChI=1S/C37H43NO6/c38-22-13-23-40-37-36(43-27-32-20-11-4-12-21-32)35(42-26-31-18-9-3-10-19-31)34(41-25-30-16-7-2-8-17-30)33(44-37)28-39-24-29-14-5-1-6-15-29/h1-12,14-21,33-37H,13,22-28,38H2/t33-,34-,35+,36+,37+/m1/s1. The van der Waals surface area contributed by atoms with Gasteiger partial charge >= 0.3 is 0 Å². The molecule has 0 spiro atoms. The molecule has 4 aromatic rings. The van der Waals surface area contributed by atoms with Crippen molar-refractivity contribution in [3.63, 3.8) is 0 Å². The van der Waals surface area contributed by atoms with Gasteiger partial charge in [0.15, 0.2) is 6.29 Å². The second-order valence-corrected chi connectivity index (χ2v) is 10.8. The van der Waals surface area contributed by atoms with E-state index in [1.165, 1.54) is 0 Å². The van der Waals surface area contributed by atoms with Crippen LogP contribution in [0.1, 0.15) is 28.7 Å².